The van der Waals surface area contributed by atoms with Gasteiger partial charge in [-0.25, -0.2) is 0 Å². The molecular formula is C13H27NO3. The lowest BCUT2D eigenvalue weighted by Gasteiger charge is -2.27. The molecule has 0 aromatic heterocycles. The van der Waals surface area contributed by atoms with E-state index in [0.29, 0.717) is 32.0 Å². The van der Waals surface area contributed by atoms with E-state index in [9.17, 15) is 0 Å². The molecule has 0 heterocycles. The van der Waals surface area contributed by atoms with Gasteiger partial charge in [0.2, 0.25) is 0 Å². The molecule has 102 valence electrons. The molecule has 0 spiro atoms. The number of ether oxygens (including phenoxy) is 3. The van der Waals surface area contributed by atoms with Gasteiger partial charge in [0.1, 0.15) is 0 Å². The molecule has 1 rings (SSSR count). The molecule has 4 heteroatoms. The van der Waals surface area contributed by atoms with Crippen molar-refractivity contribution < 1.29 is 14.2 Å². The minimum Gasteiger partial charge on any atom is -0.378 e. The summed E-state index contributed by atoms with van der Waals surface area (Å²) in [5.41, 5.74) is 5.92. The predicted molar refractivity (Wildman–Crippen MR) is 67.8 cm³/mol. The van der Waals surface area contributed by atoms with Crippen LogP contribution in [0.25, 0.3) is 0 Å². The van der Waals surface area contributed by atoms with E-state index in [1.807, 2.05) is 13.8 Å². The van der Waals surface area contributed by atoms with Gasteiger partial charge in [-0.15, -0.1) is 0 Å². The Hall–Kier alpha value is -0.160. The van der Waals surface area contributed by atoms with Gasteiger partial charge in [-0.1, -0.05) is 0 Å². The fourth-order valence-electron chi connectivity index (χ4n) is 2.25. The zero-order chi connectivity index (χ0) is 12.5. The van der Waals surface area contributed by atoms with Crippen LogP contribution < -0.4 is 5.73 Å². The Morgan fingerprint density at radius 3 is 2.47 bits per heavy atom. The smallest absolute Gasteiger partial charge is 0.159 e. The first-order chi connectivity index (χ1) is 8.26. The highest BCUT2D eigenvalue weighted by Gasteiger charge is 2.20. The van der Waals surface area contributed by atoms with E-state index in [-0.39, 0.29) is 6.29 Å². The zero-order valence-electron chi connectivity index (χ0n) is 11.2. The summed E-state index contributed by atoms with van der Waals surface area (Å²) in [6.45, 7) is 6.01. The SMILES string of the molecule is CCOC(CCOC1CCCC(N)C1)OCC. The van der Waals surface area contributed by atoms with Crippen molar-refractivity contribution >= 4 is 0 Å². The summed E-state index contributed by atoms with van der Waals surface area (Å²) in [6.07, 6.45) is 5.47. The van der Waals surface area contributed by atoms with Crippen LogP contribution in [0.5, 0.6) is 0 Å². The summed E-state index contributed by atoms with van der Waals surface area (Å²) in [5, 5.41) is 0. The van der Waals surface area contributed by atoms with Crippen molar-refractivity contribution in [3.63, 3.8) is 0 Å². The molecule has 0 radical (unpaired) electrons. The summed E-state index contributed by atoms with van der Waals surface area (Å²) < 4.78 is 16.8. The number of nitrogens with two attached hydrogens (primary N) is 1. The second-order valence-electron chi connectivity index (χ2n) is 4.55. The first kappa shape index (κ1) is 14.9. The summed E-state index contributed by atoms with van der Waals surface area (Å²) in [5.74, 6) is 0. The van der Waals surface area contributed by atoms with E-state index in [1.165, 1.54) is 6.42 Å². The minimum atomic E-state index is -0.123. The standard InChI is InChI=1S/C13H27NO3/c1-3-15-13(16-4-2)8-9-17-12-7-5-6-11(14)10-12/h11-13H,3-10,14H2,1-2H3. The average molecular weight is 245 g/mol. The van der Waals surface area contributed by atoms with Gasteiger partial charge in [-0.05, 0) is 39.5 Å². The van der Waals surface area contributed by atoms with Crippen LogP contribution in [0.2, 0.25) is 0 Å². The van der Waals surface area contributed by atoms with Gasteiger partial charge in [-0.3, -0.25) is 0 Å². The van der Waals surface area contributed by atoms with Crippen LogP contribution >= 0.6 is 0 Å². The van der Waals surface area contributed by atoms with Crippen molar-refractivity contribution in [2.45, 2.75) is 64.4 Å². The van der Waals surface area contributed by atoms with E-state index in [1.54, 1.807) is 0 Å². The fraction of sp³-hybridized carbons (Fsp3) is 1.00. The summed E-state index contributed by atoms with van der Waals surface area (Å²) >= 11 is 0. The van der Waals surface area contributed by atoms with Crippen LogP contribution in [0.1, 0.15) is 46.0 Å². The number of rotatable bonds is 8. The Balaban J connectivity index is 2.11. The molecule has 0 aromatic carbocycles. The van der Waals surface area contributed by atoms with Crippen LogP contribution in [0, 0.1) is 0 Å². The average Bonchev–Trinajstić information content (AvgIpc) is 2.30. The van der Waals surface area contributed by atoms with Gasteiger partial charge in [0, 0.05) is 25.7 Å². The monoisotopic (exact) mass is 245 g/mol. The lowest BCUT2D eigenvalue weighted by atomic mass is 9.94. The van der Waals surface area contributed by atoms with E-state index < -0.39 is 0 Å². The van der Waals surface area contributed by atoms with Gasteiger partial charge >= 0.3 is 0 Å². The Morgan fingerprint density at radius 2 is 1.88 bits per heavy atom. The van der Waals surface area contributed by atoms with Gasteiger partial charge in [0.05, 0.1) is 12.7 Å². The lowest BCUT2D eigenvalue weighted by molar-refractivity contribution is -0.150. The molecule has 1 saturated carbocycles. The molecule has 0 amide bonds. The fourth-order valence-corrected chi connectivity index (χ4v) is 2.25. The first-order valence-electron chi connectivity index (χ1n) is 6.86. The highest BCUT2D eigenvalue weighted by atomic mass is 16.7. The van der Waals surface area contributed by atoms with Crippen LogP contribution in [-0.2, 0) is 14.2 Å². The third-order valence-electron chi connectivity index (χ3n) is 3.08. The molecule has 4 nitrogen and oxygen atoms in total. The maximum absolute atomic E-state index is 5.92. The highest BCUT2D eigenvalue weighted by Crippen LogP contribution is 2.20. The molecule has 1 aliphatic carbocycles. The normalized spacial score (nSPS) is 25.4. The molecule has 1 aliphatic rings. The van der Waals surface area contributed by atoms with Crippen molar-refractivity contribution in [2.24, 2.45) is 5.73 Å². The maximum Gasteiger partial charge on any atom is 0.159 e. The van der Waals surface area contributed by atoms with Crippen molar-refractivity contribution in [2.75, 3.05) is 19.8 Å². The van der Waals surface area contributed by atoms with Crippen LogP contribution in [-0.4, -0.2) is 38.3 Å². The van der Waals surface area contributed by atoms with Crippen molar-refractivity contribution in [1.82, 2.24) is 0 Å². The van der Waals surface area contributed by atoms with Crippen molar-refractivity contribution in [3.8, 4) is 0 Å². The maximum atomic E-state index is 5.92. The van der Waals surface area contributed by atoms with E-state index in [2.05, 4.69) is 0 Å². The van der Waals surface area contributed by atoms with E-state index >= 15 is 0 Å². The zero-order valence-corrected chi connectivity index (χ0v) is 11.2. The van der Waals surface area contributed by atoms with Gasteiger partial charge in [0.25, 0.3) is 0 Å². The second-order valence-corrected chi connectivity index (χ2v) is 4.55. The third-order valence-corrected chi connectivity index (χ3v) is 3.08. The molecule has 17 heavy (non-hydrogen) atoms. The highest BCUT2D eigenvalue weighted by molar-refractivity contribution is 4.75. The van der Waals surface area contributed by atoms with Gasteiger partial charge in [-0.2, -0.15) is 0 Å². The minimum absolute atomic E-state index is 0.123. The number of hydrogen-bond acceptors (Lipinski definition) is 4. The first-order valence-corrected chi connectivity index (χ1v) is 6.86. The molecule has 1 fully saturated rings. The summed E-state index contributed by atoms with van der Waals surface area (Å²) in [4.78, 5) is 0. The predicted octanol–water partition coefficient (Wildman–Crippen LogP) is 2.06. The van der Waals surface area contributed by atoms with Crippen LogP contribution in [0.15, 0.2) is 0 Å². The lowest BCUT2D eigenvalue weighted by Crippen LogP contribution is -2.32. The Morgan fingerprint density at radius 1 is 1.18 bits per heavy atom. The topological polar surface area (TPSA) is 53.7 Å². The summed E-state index contributed by atoms with van der Waals surface area (Å²) in [6, 6.07) is 0.323. The molecular weight excluding hydrogens is 218 g/mol. The summed E-state index contributed by atoms with van der Waals surface area (Å²) in [7, 11) is 0. The molecule has 2 N–H and O–H groups in total. The van der Waals surface area contributed by atoms with Crippen molar-refractivity contribution in [1.29, 1.82) is 0 Å². The van der Waals surface area contributed by atoms with E-state index in [4.69, 9.17) is 19.9 Å². The Labute approximate surface area is 105 Å². The largest absolute Gasteiger partial charge is 0.378 e. The van der Waals surface area contributed by atoms with Crippen LogP contribution in [0.4, 0.5) is 0 Å². The molecule has 0 aromatic rings. The molecule has 2 unspecified atom stereocenters. The Bertz CT molecular complexity index is 179. The second kappa shape index (κ2) is 8.86. The van der Waals surface area contributed by atoms with Gasteiger partial charge < -0.3 is 19.9 Å². The van der Waals surface area contributed by atoms with Gasteiger partial charge in [0.15, 0.2) is 6.29 Å². The Kier molecular flexibility index (Phi) is 7.77. The van der Waals surface area contributed by atoms with Crippen LogP contribution in [0.3, 0.4) is 0 Å². The molecule has 2 atom stereocenters. The molecule has 0 bridgehead atoms. The molecule has 0 aliphatic heterocycles. The third kappa shape index (κ3) is 6.36. The quantitative estimate of drug-likeness (QED) is 0.665. The van der Waals surface area contributed by atoms with E-state index in [0.717, 1.165) is 25.7 Å². The van der Waals surface area contributed by atoms with Crippen molar-refractivity contribution in [3.05, 3.63) is 0 Å². The molecule has 0 saturated heterocycles. The number of hydrogen-bond donors (Lipinski definition) is 1.